The van der Waals surface area contributed by atoms with E-state index in [2.05, 4.69) is 18.1 Å². The van der Waals surface area contributed by atoms with Gasteiger partial charge in [-0.2, -0.15) is 7.05 Å². The molecule has 0 saturated carbocycles. The molecular weight excluding hydrogens is 179 g/mol. The van der Waals surface area contributed by atoms with Gasteiger partial charge in [0.05, 0.1) is 19.3 Å². The number of halogens is 1. The van der Waals surface area contributed by atoms with Crippen LogP contribution in [0, 0.1) is 12.9 Å². The van der Waals surface area contributed by atoms with E-state index < -0.39 is 0 Å². The number of nitrogens with one attached hydrogen (secondary N) is 1. The maximum absolute atomic E-state index is 12.9. The minimum Gasteiger partial charge on any atom is -0.464 e. The monoisotopic (exact) mass is 192 g/mol. The summed E-state index contributed by atoms with van der Waals surface area (Å²) in [6.45, 7) is 1.91. The van der Waals surface area contributed by atoms with E-state index in [9.17, 15) is 4.39 Å². The van der Waals surface area contributed by atoms with Crippen molar-refractivity contribution >= 4 is 5.57 Å². The number of hydrogen-bond donors (Lipinski definition) is 1. The van der Waals surface area contributed by atoms with Gasteiger partial charge in [0.15, 0.2) is 0 Å². The largest absolute Gasteiger partial charge is 0.464 e. The van der Waals surface area contributed by atoms with Gasteiger partial charge in [0, 0.05) is 12.6 Å². The van der Waals surface area contributed by atoms with Crippen molar-refractivity contribution in [3.05, 3.63) is 43.0 Å². The van der Waals surface area contributed by atoms with E-state index in [-0.39, 0.29) is 5.82 Å². The van der Waals surface area contributed by atoms with Gasteiger partial charge in [-0.1, -0.05) is 0 Å². The van der Waals surface area contributed by atoms with E-state index in [0.29, 0.717) is 0 Å². The average Bonchev–Trinajstić information content (AvgIpc) is 2.19. The molecule has 0 aromatic carbocycles. The Morgan fingerprint density at radius 3 is 2.93 bits per heavy atom. The maximum Gasteiger partial charge on any atom is 0.142 e. The van der Waals surface area contributed by atoms with Gasteiger partial charge in [0.25, 0.3) is 0 Å². The summed E-state index contributed by atoms with van der Waals surface area (Å²) in [5.41, 5.74) is 2.09. The molecule has 0 aliphatic carbocycles. The first-order valence-electron chi connectivity index (χ1n) is 4.72. The van der Waals surface area contributed by atoms with Gasteiger partial charge < -0.3 is 4.90 Å². The fourth-order valence-corrected chi connectivity index (χ4v) is 1.63. The van der Waals surface area contributed by atoms with E-state index in [1.165, 1.54) is 22.7 Å². The van der Waals surface area contributed by atoms with Crippen LogP contribution in [0.3, 0.4) is 0 Å². The van der Waals surface area contributed by atoms with Gasteiger partial charge in [0.2, 0.25) is 0 Å². The van der Waals surface area contributed by atoms with E-state index in [4.69, 9.17) is 0 Å². The highest BCUT2D eigenvalue weighted by molar-refractivity contribution is 5.65. The number of quaternary nitrogens is 1. The Bertz CT molecular complexity index is 360. The van der Waals surface area contributed by atoms with Crippen LogP contribution in [0.4, 0.5) is 4.39 Å². The zero-order valence-electron chi connectivity index (χ0n) is 7.96. The Labute approximate surface area is 83.1 Å². The van der Waals surface area contributed by atoms with Gasteiger partial charge in [-0.3, -0.25) is 4.98 Å². The molecular formula is C11H13FN2. The van der Waals surface area contributed by atoms with E-state index >= 15 is 0 Å². The van der Waals surface area contributed by atoms with Crippen molar-refractivity contribution in [2.75, 3.05) is 13.1 Å². The summed E-state index contributed by atoms with van der Waals surface area (Å²) in [6, 6.07) is 1.53. The summed E-state index contributed by atoms with van der Waals surface area (Å²) in [6.07, 6.45) is 6.00. The van der Waals surface area contributed by atoms with E-state index in [1.807, 2.05) is 0 Å². The highest BCUT2D eigenvalue weighted by Gasteiger charge is 2.10. The second kappa shape index (κ2) is 3.88. The van der Waals surface area contributed by atoms with Crippen molar-refractivity contribution in [1.29, 1.82) is 0 Å². The zero-order chi connectivity index (χ0) is 9.97. The first-order chi connectivity index (χ1) is 6.75. The molecule has 0 fully saturated rings. The van der Waals surface area contributed by atoms with Crippen LogP contribution < -0.4 is 4.90 Å². The Hall–Kier alpha value is -1.22. The van der Waals surface area contributed by atoms with Crippen molar-refractivity contribution < 1.29 is 9.29 Å². The van der Waals surface area contributed by atoms with Crippen LogP contribution in [0.25, 0.3) is 5.57 Å². The van der Waals surface area contributed by atoms with Gasteiger partial charge in [-0.15, -0.1) is 0 Å². The minimum atomic E-state index is -0.271. The molecule has 1 aromatic heterocycles. The summed E-state index contributed by atoms with van der Waals surface area (Å²) >= 11 is 0. The maximum atomic E-state index is 12.9. The molecule has 1 aliphatic heterocycles. The van der Waals surface area contributed by atoms with Crippen molar-refractivity contribution in [3.63, 3.8) is 0 Å². The predicted octanol–water partition coefficient (Wildman–Crippen LogP) is 0.684. The first-order valence-corrected chi connectivity index (χ1v) is 4.72. The minimum absolute atomic E-state index is 0.271. The Morgan fingerprint density at radius 1 is 1.43 bits per heavy atom. The molecule has 74 valence electrons. The summed E-state index contributed by atoms with van der Waals surface area (Å²) in [7, 11) is 3.93. The van der Waals surface area contributed by atoms with E-state index in [1.54, 1.807) is 6.20 Å². The van der Waals surface area contributed by atoms with Crippen LogP contribution in [0.15, 0.2) is 24.5 Å². The summed E-state index contributed by atoms with van der Waals surface area (Å²) < 4.78 is 12.9. The van der Waals surface area contributed by atoms with Gasteiger partial charge in [0.1, 0.15) is 5.82 Å². The van der Waals surface area contributed by atoms with Crippen molar-refractivity contribution in [3.8, 4) is 0 Å². The molecule has 2 nitrogen and oxygen atoms in total. The predicted molar refractivity (Wildman–Crippen MR) is 52.8 cm³/mol. The lowest BCUT2D eigenvalue weighted by Gasteiger charge is -2.24. The lowest BCUT2D eigenvalue weighted by atomic mass is 10.0. The number of nitrogens with zero attached hydrogens (tertiary/aromatic N) is 1. The molecule has 1 N–H and O–H groups in total. The fourth-order valence-electron chi connectivity index (χ4n) is 1.63. The number of pyridine rings is 1. The molecule has 1 aliphatic rings. The topological polar surface area (TPSA) is 17.3 Å². The van der Waals surface area contributed by atoms with Gasteiger partial charge in [-0.05, 0) is 23.3 Å². The second-order valence-corrected chi connectivity index (χ2v) is 3.58. The summed E-state index contributed by atoms with van der Waals surface area (Å²) in [4.78, 5) is 5.09. The molecule has 1 atom stereocenters. The Morgan fingerprint density at radius 2 is 2.29 bits per heavy atom. The standard InChI is InChI=1S/C11H13FN2/c1-14-4-2-9(3-5-14)10-6-11(12)8-13-7-10/h2,6-8,14H,1,3-5H2. The van der Waals surface area contributed by atoms with Crippen LogP contribution in [-0.2, 0) is 0 Å². The van der Waals surface area contributed by atoms with Gasteiger partial charge >= 0.3 is 0 Å². The lowest BCUT2D eigenvalue weighted by Crippen LogP contribution is -3.07. The van der Waals surface area contributed by atoms with Crippen molar-refractivity contribution in [2.24, 2.45) is 0 Å². The molecule has 1 aromatic rings. The van der Waals surface area contributed by atoms with E-state index in [0.717, 1.165) is 25.1 Å². The molecule has 0 radical (unpaired) electrons. The van der Waals surface area contributed by atoms with Crippen molar-refractivity contribution in [1.82, 2.24) is 4.98 Å². The number of aromatic nitrogens is 1. The molecule has 14 heavy (non-hydrogen) atoms. The number of rotatable bonds is 1. The molecule has 0 bridgehead atoms. The third kappa shape index (κ3) is 1.99. The molecule has 0 spiro atoms. The fraction of sp³-hybridized carbons (Fsp3) is 0.273. The molecule has 2 rings (SSSR count). The summed E-state index contributed by atoms with van der Waals surface area (Å²) in [5, 5.41) is 0. The van der Waals surface area contributed by atoms with Crippen LogP contribution in [0.5, 0.6) is 0 Å². The first kappa shape index (κ1) is 9.34. The summed E-state index contributed by atoms with van der Waals surface area (Å²) in [5.74, 6) is -0.271. The average molecular weight is 192 g/mol. The normalized spacial score (nSPS) is 21.9. The van der Waals surface area contributed by atoms with Crippen molar-refractivity contribution in [2.45, 2.75) is 6.42 Å². The Balaban J connectivity index is 2.23. The molecule has 3 heteroatoms. The van der Waals surface area contributed by atoms with Gasteiger partial charge in [-0.25, -0.2) is 4.39 Å². The highest BCUT2D eigenvalue weighted by Crippen LogP contribution is 2.17. The third-order valence-electron chi connectivity index (χ3n) is 2.46. The van der Waals surface area contributed by atoms with Crippen LogP contribution >= 0.6 is 0 Å². The molecule has 0 saturated heterocycles. The SMILES string of the molecule is [CH2-][NH+]1CC=C(c2cncc(F)c2)CC1. The highest BCUT2D eigenvalue weighted by atomic mass is 19.1. The van der Waals surface area contributed by atoms with Crippen LogP contribution in [-0.4, -0.2) is 18.1 Å². The number of hydrogen-bond acceptors (Lipinski definition) is 1. The van der Waals surface area contributed by atoms with Crippen LogP contribution in [0.2, 0.25) is 0 Å². The smallest absolute Gasteiger partial charge is 0.142 e. The lowest BCUT2D eigenvalue weighted by molar-refractivity contribution is -0.848. The molecule has 2 heterocycles. The van der Waals surface area contributed by atoms with Crippen LogP contribution in [0.1, 0.15) is 12.0 Å². The quantitative estimate of drug-likeness (QED) is 0.648. The Kier molecular flexibility index (Phi) is 2.59. The third-order valence-corrected chi connectivity index (χ3v) is 2.46. The molecule has 1 unspecified atom stereocenters. The zero-order valence-corrected chi connectivity index (χ0v) is 7.96. The molecule has 0 amide bonds. The second-order valence-electron chi connectivity index (χ2n) is 3.58.